The van der Waals surface area contributed by atoms with Gasteiger partial charge < -0.3 is 10.1 Å². The van der Waals surface area contributed by atoms with Gasteiger partial charge >= 0.3 is 6.18 Å². The van der Waals surface area contributed by atoms with Crippen molar-refractivity contribution in [3.8, 4) is 5.75 Å². The first-order valence-electron chi connectivity index (χ1n) is 7.53. The number of nitrogens with zero attached hydrogens (tertiary/aromatic N) is 3. The number of hydrogen-bond donors (Lipinski definition) is 1. The molecule has 5 nitrogen and oxygen atoms in total. The molecule has 0 saturated carbocycles. The minimum absolute atomic E-state index is 0.108. The molecule has 1 atom stereocenters. The van der Waals surface area contributed by atoms with E-state index < -0.39 is 12.8 Å². The van der Waals surface area contributed by atoms with Crippen molar-refractivity contribution in [2.24, 2.45) is 0 Å². The van der Waals surface area contributed by atoms with Gasteiger partial charge in [-0.05, 0) is 30.7 Å². The minimum Gasteiger partial charge on any atom is -0.484 e. The standard InChI is InChI=1S/C17H15F3N4O/c1-11(12-2-4-13(5-3-12)25-9-17(18,19)20)24-16-14-6-7-21-8-15(14)22-10-23-16/h2-8,10-11H,9H2,1H3,(H,22,23,24). The van der Waals surface area contributed by atoms with E-state index in [0.717, 1.165) is 16.5 Å². The lowest BCUT2D eigenvalue weighted by atomic mass is 10.1. The smallest absolute Gasteiger partial charge is 0.422 e. The number of nitrogens with one attached hydrogen (secondary N) is 1. The van der Waals surface area contributed by atoms with Gasteiger partial charge in [-0.3, -0.25) is 4.98 Å². The predicted octanol–water partition coefficient (Wildman–Crippen LogP) is 4.14. The van der Waals surface area contributed by atoms with Crippen LogP contribution in [0, 0.1) is 0 Å². The van der Waals surface area contributed by atoms with Crippen LogP contribution in [0.15, 0.2) is 49.1 Å². The molecule has 0 aliphatic heterocycles. The molecule has 1 N–H and O–H groups in total. The predicted molar refractivity (Wildman–Crippen MR) is 87.4 cm³/mol. The number of ether oxygens (including phenoxy) is 1. The second-order valence-corrected chi connectivity index (χ2v) is 5.45. The fourth-order valence-corrected chi connectivity index (χ4v) is 2.33. The van der Waals surface area contributed by atoms with Crippen LogP contribution >= 0.6 is 0 Å². The van der Waals surface area contributed by atoms with E-state index in [1.54, 1.807) is 24.5 Å². The third kappa shape index (κ3) is 4.34. The molecule has 130 valence electrons. The zero-order valence-corrected chi connectivity index (χ0v) is 13.3. The van der Waals surface area contributed by atoms with Crippen molar-refractivity contribution in [3.63, 3.8) is 0 Å². The van der Waals surface area contributed by atoms with Gasteiger partial charge in [0.25, 0.3) is 0 Å². The van der Waals surface area contributed by atoms with Crippen LogP contribution in [-0.2, 0) is 0 Å². The largest absolute Gasteiger partial charge is 0.484 e. The van der Waals surface area contributed by atoms with E-state index in [0.29, 0.717) is 5.82 Å². The van der Waals surface area contributed by atoms with Crippen LogP contribution in [0.5, 0.6) is 5.75 Å². The lowest BCUT2D eigenvalue weighted by Crippen LogP contribution is -2.19. The van der Waals surface area contributed by atoms with Gasteiger partial charge in [0.15, 0.2) is 6.61 Å². The van der Waals surface area contributed by atoms with Gasteiger partial charge in [0.05, 0.1) is 11.7 Å². The third-order valence-corrected chi connectivity index (χ3v) is 3.57. The number of rotatable bonds is 5. The Morgan fingerprint density at radius 2 is 1.88 bits per heavy atom. The van der Waals surface area contributed by atoms with E-state index in [1.807, 2.05) is 13.0 Å². The lowest BCUT2D eigenvalue weighted by molar-refractivity contribution is -0.153. The Morgan fingerprint density at radius 1 is 1.12 bits per heavy atom. The second-order valence-electron chi connectivity index (χ2n) is 5.45. The van der Waals surface area contributed by atoms with E-state index in [2.05, 4.69) is 20.3 Å². The first-order valence-corrected chi connectivity index (χ1v) is 7.53. The lowest BCUT2D eigenvalue weighted by Gasteiger charge is -2.17. The van der Waals surface area contributed by atoms with Gasteiger partial charge in [-0.25, -0.2) is 9.97 Å². The van der Waals surface area contributed by atoms with Gasteiger partial charge in [-0.2, -0.15) is 13.2 Å². The maximum Gasteiger partial charge on any atom is 0.422 e. The molecular weight excluding hydrogens is 333 g/mol. The zero-order chi connectivity index (χ0) is 17.9. The van der Waals surface area contributed by atoms with Crippen molar-refractivity contribution in [1.29, 1.82) is 0 Å². The van der Waals surface area contributed by atoms with E-state index in [9.17, 15) is 13.2 Å². The van der Waals surface area contributed by atoms with Crippen molar-refractivity contribution in [1.82, 2.24) is 15.0 Å². The van der Waals surface area contributed by atoms with Crippen LogP contribution in [0.1, 0.15) is 18.5 Å². The highest BCUT2D eigenvalue weighted by Crippen LogP contribution is 2.25. The topological polar surface area (TPSA) is 59.9 Å². The summed E-state index contributed by atoms with van der Waals surface area (Å²) in [5.41, 5.74) is 1.61. The minimum atomic E-state index is -4.35. The highest BCUT2D eigenvalue weighted by Gasteiger charge is 2.28. The molecule has 0 radical (unpaired) electrons. The van der Waals surface area contributed by atoms with Gasteiger partial charge in [-0.1, -0.05) is 12.1 Å². The molecule has 1 unspecified atom stereocenters. The number of alkyl halides is 3. The van der Waals surface area contributed by atoms with Crippen molar-refractivity contribution in [2.45, 2.75) is 19.1 Å². The van der Waals surface area contributed by atoms with Crippen molar-refractivity contribution < 1.29 is 17.9 Å². The normalized spacial score (nSPS) is 12.8. The molecule has 25 heavy (non-hydrogen) atoms. The second kappa shape index (κ2) is 6.92. The average molecular weight is 348 g/mol. The quantitative estimate of drug-likeness (QED) is 0.751. The fourth-order valence-electron chi connectivity index (χ4n) is 2.33. The Bertz CT molecular complexity index is 847. The molecule has 2 aromatic heterocycles. The number of anilines is 1. The summed E-state index contributed by atoms with van der Waals surface area (Å²) in [7, 11) is 0. The Hall–Kier alpha value is -2.90. The Kier molecular flexibility index (Phi) is 4.69. The zero-order valence-electron chi connectivity index (χ0n) is 13.3. The summed E-state index contributed by atoms with van der Waals surface area (Å²) in [6, 6.07) is 8.17. The van der Waals surface area contributed by atoms with Gasteiger partial charge in [0.2, 0.25) is 0 Å². The van der Waals surface area contributed by atoms with Crippen molar-refractivity contribution in [2.75, 3.05) is 11.9 Å². The molecule has 8 heteroatoms. The first-order chi connectivity index (χ1) is 11.9. The first kappa shape index (κ1) is 16.9. The summed E-state index contributed by atoms with van der Waals surface area (Å²) >= 11 is 0. The maximum absolute atomic E-state index is 12.2. The molecule has 0 fully saturated rings. The number of halogens is 3. The number of fused-ring (bicyclic) bond motifs is 1. The van der Waals surface area contributed by atoms with E-state index in [-0.39, 0.29) is 11.8 Å². The van der Waals surface area contributed by atoms with Crippen LogP contribution in [0.3, 0.4) is 0 Å². The molecule has 0 amide bonds. The molecule has 3 aromatic rings. The third-order valence-electron chi connectivity index (χ3n) is 3.57. The number of benzene rings is 1. The van der Waals surface area contributed by atoms with Crippen LogP contribution in [0.2, 0.25) is 0 Å². The monoisotopic (exact) mass is 348 g/mol. The highest BCUT2D eigenvalue weighted by molar-refractivity contribution is 5.88. The average Bonchev–Trinajstić information content (AvgIpc) is 2.60. The van der Waals surface area contributed by atoms with E-state index >= 15 is 0 Å². The summed E-state index contributed by atoms with van der Waals surface area (Å²) in [6.45, 7) is 0.627. The number of hydrogen-bond acceptors (Lipinski definition) is 5. The van der Waals surface area contributed by atoms with Crippen LogP contribution in [0.4, 0.5) is 19.0 Å². The summed E-state index contributed by atoms with van der Waals surface area (Å²) in [4.78, 5) is 12.4. The summed E-state index contributed by atoms with van der Waals surface area (Å²) < 4.78 is 41.2. The molecule has 0 spiro atoms. The van der Waals surface area contributed by atoms with E-state index in [4.69, 9.17) is 4.74 Å². The van der Waals surface area contributed by atoms with Crippen LogP contribution in [0.25, 0.3) is 10.9 Å². The maximum atomic E-state index is 12.2. The van der Waals surface area contributed by atoms with Crippen molar-refractivity contribution >= 4 is 16.7 Å². The van der Waals surface area contributed by atoms with Gasteiger partial charge in [0, 0.05) is 17.6 Å². The Labute approximate surface area is 141 Å². The Morgan fingerprint density at radius 3 is 2.60 bits per heavy atom. The molecule has 0 aliphatic rings. The summed E-state index contributed by atoms with van der Waals surface area (Å²) in [5.74, 6) is 0.837. The molecule has 1 aromatic carbocycles. The van der Waals surface area contributed by atoms with E-state index in [1.165, 1.54) is 18.5 Å². The summed E-state index contributed by atoms with van der Waals surface area (Å²) in [5, 5.41) is 4.12. The van der Waals surface area contributed by atoms with Gasteiger partial charge in [0.1, 0.15) is 17.9 Å². The summed E-state index contributed by atoms with van der Waals surface area (Å²) in [6.07, 6.45) is 0.414. The van der Waals surface area contributed by atoms with Crippen molar-refractivity contribution in [3.05, 3.63) is 54.6 Å². The molecule has 3 rings (SSSR count). The van der Waals surface area contributed by atoms with Gasteiger partial charge in [-0.15, -0.1) is 0 Å². The van der Waals surface area contributed by atoms with Crippen LogP contribution < -0.4 is 10.1 Å². The number of pyridine rings is 1. The van der Waals surface area contributed by atoms with Crippen LogP contribution in [-0.4, -0.2) is 27.7 Å². The molecule has 0 saturated heterocycles. The Balaban J connectivity index is 1.71. The number of aromatic nitrogens is 3. The fraction of sp³-hybridized carbons (Fsp3) is 0.235. The highest BCUT2D eigenvalue weighted by atomic mass is 19.4. The molecule has 0 aliphatic carbocycles. The molecule has 2 heterocycles. The SMILES string of the molecule is CC(Nc1ncnc2cnccc12)c1ccc(OCC(F)(F)F)cc1. The molecular formula is C17H15F3N4O. The molecule has 0 bridgehead atoms.